The van der Waals surface area contributed by atoms with E-state index in [1.54, 1.807) is 6.92 Å². The Morgan fingerprint density at radius 3 is 2.62 bits per heavy atom. The molecule has 1 unspecified atom stereocenters. The number of hydrogen-bond acceptors (Lipinski definition) is 3. The fraction of sp³-hybridized carbons (Fsp3) is 0.700. The Labute approximate surface area is 79.7 Å². The summed E-state index contributed by atoms with van der Waals surface area (Å²) in [5.74, 6) is -0.399. The summed E-state index contributed by atoms with van der Waals surface area (Å²) in [4.78, 5) is 11.0. The molecule has 0 saturated carbocycles. The van der Waals surface area contributed by atoms with Gasteiger partial charge in [-0.1, -0.05) is 19.9 Å². The molecule has 0 radical (unpaired) electrons. The molecule has 0 spiro atoms. The predicted molar refractivity (Wildman–Crippen MR) is 51.5 cm³/mol. The van der Waals surface area contributed by atoms with E-state index >= 15 is 0 Å². The average molecular weight is 186 g/mol. The summed E-state index contributed by atoms with van der Waals surface area (Å²) in [6.07, 6.45) is 1.83. The topological polar surface area (TPSA) is 35.5 Å². The minimum atomic E-state index is -0.399. The van der Waals surface area contributed by atoms with Gasteiger partial charge < -0.3 is 9.47 Å². The first-order chi connectivity index (χ1) is 6.13. The second kappa shape index (κ2) is 6.66. The SMILES string of the molecule is C=C(C(=O)OC)C(C)OCCCC. The molecule has 13 heavy (non-hydrogen) atoms. The highest BCUT2D eigenvalue weighted by molar-refractivity contribution is 5.88. The molecule has 0 amide bonds. The van der Waals surface area contributed by atoms with Gasteiger partial charge in [0.1, 0.15) is 0 Å². The Balaban J connectivity index is 3.76. The van der Waals surface area contributed by atoms with E-state index in [-0.39, 0.29) is 6.10 Å². The number of unbranched alkanes of at least 4 members (excludes halogenated alkanes) is 1. The number of ether oxygens (including phenoxy) is 2. The van der Waals surface area contributed by atoms with E-state index in [0.717, 1.165) is 12.8 Å². The number of rotatable bonds is 6. The highest BCUT2D eigenvalue weighted by Crippen LogP contribution is 2.06. The van der Waals surface area contributed by atoms with Crippen LogP contribution in [0.25, 0.3) is 0 Å². The van der Waals surface area contributed by atoms with E-state index in [1.165, 1.54) is 7.11 Å². The van der Waals surface area contributed by atoms with Crippen LogP contribution in [0.5, 0.6) is 0 Å². The van der Waals surface area contributed by atoms with Gasteiger partial charge in [-0.15, -0.1) is 0 Å². The van der Waals surface area contributed by atoms with Gasteiger partial charge in [-0.2, -0.15) is 0 Å². The molecule has 0 aromatic heterocycles. The number of esters is 1. The van der Waals surface area contributed by atoms with E-state index < -0.39 is 5.97 Å². The zero-order valence-electron chi connectivity index (χ0n) is 8.63. The number of carbonyl (C=O) groups excluding carboxylic acids is 1. The predicted octanol–water partition coefficient (Wildman–Crippen LogP) is 1.92. The third-order valence-electron chi connectivity index (χ3n) is 1.80. The maximum absolute atomic E-state index is 11.0. The van der Waals surface area contributed by atoms with Crippen molar-refractivity contribution < 1.29 is 14.3 Å². The highest BCUT2D eigenvalue weighted by Gasteiger charge is 2.14. The molecule has 0 aliphatic heterocycles. The van der Waals surface area contributed by atoms with Gasteiger partial charge in [0, 0.05) is 6.61 Å². The van der Waals surface area contributed by atoms with Gasteiger partial charge in [-0.25, -0.2) is 4.79 Å². The van der Waals surface area contributed by atoms with Crippen LogP contribution in [0.15, 0.2) is 12.2 Å². The van der Waals surface area contributed by atoms with E-state index in [2.05, 4.69) is 18.2 Å². The van der Waals surface area contributed by atoms with Crippen LogP contribution >= 0.6 is 0 Å². The van der Waals surface area contributed by atoms with Crippen LogP contribution in [0.4, 0.5) is 0 Å². The Morgan fingerprint density at radius 1 is 1.54 bits per heavy atom. The smallest absolute Gasteiger partial charge is 0.335 e. The first kappa shape index (κ1) is 12.2. The molecule has 76 valence electrons. The Bertz CT molecular complexity index is 175. The van der Waals surface area contributed by atoms with E-state index in [1.807, 2.05) is 0 Å². The molecular formula is C10H18O3. The fourth-order valence-electron chi connectivity index (χ4n) is 0.802. The van der Waals surface area contributed by atoms with Gasteiger partial charge in [0.05, 0.1) is 18.8 Å². The monoisotopic (exact) mass is 186 g/mol. The largest absolute Gasteiger partial charge is 0.466 e. The molecule has 0 aliphatic rings. The van der Waals surface area contributed by atoms with Crippen LogP contribution in [-0.4, -0.2) is 25.8 Å². The van der Waals surface area contributed by atoms with Gasteiger partial charge in [0.2, 0.25) is 0 Å². The van der Waals surface area contributed by atoms with Gasteiger partial charge in [-0.3, -0.25) is 0 Å². The lowest BCUT2D eigenvalue weighted by molar-refractivity contribution is -0.137. The van der Waals surface area contributed by atoms with Crippen molar-refractivity contribution in [1.82, 2.24) is 0 Å². The summed E-state index contributed by atoms with van der Waals surface area (Å²) in [7, 11) is 1.34. The second-order valence-corrected chi connectivity index (χ2v) is 2.88. The van der Waals surface area contributed by atoms with Crippen molar-refractivity contribution in [2.24, 2.45) is 0 Å². The molecule has 1 atom stereocenters. The molecule has 0 aliphatic carbocycles. The average Bonchev–Trinajstić information content (AvgIpc) is 2.15. The van der Waals surface area contributed by atoms with E-state index in [0.29, 0.717) is 12.2 Å². The second-order valence-electron chi connectivity index (χ2n) is 2.88. The van der Waals surface area contributed by atoms with Gasteiger partial charge in [0.15, 0.2) is 0 Å². The molecule has 0 heterocycles. The normalized spacial score (nSPS) is 12.2. The van der Waals surface area contributed by atoms with E-state index in [4.69, 9.17) is 4.74 Å². The van der Waals surface area contributed by atoms with Crippen molar-refractivity contribution >= 4 is 5.97 Å². The van der Waals surface area contributed by atoms with Gasteiger partial charge in [-0.05, 0) is 13.3 Å². The molecule has 3 heteroatoms. The molecule has 0 saturated heterocycles. The van der Waals surface area contributed by atoms with Crippen molar-refractivity contribution in [3.63, 3.8) is 0 Å². The first-order valence-corrected chi connectivity index (χ1v) is 4.52. The molecule has 0 fully saturated rings. The molecule has 0 N–H and O–H groups in total. The maximum atomic E-state index is 11.0. The van der Waals surface area contributed by atoms with Crippen molar-refractivity contribution in [2.45, 2.75) is 32.8 Å². The summed E-state index contributed by atoms with van der Waals surface area (Å²) in [6.45, 7) is 8.15. The Kier molecular flexibility index (Phi) is 6.24. The fourth-order valence-corrected chi connectivity index (χ4v) is 0.802. The molecule has 0 rings (SSSR count). The van der Waals surface area contributed by atoms with Crippen molar-refractivity contribution in [3.8, 4) is 0 Å². The Hall–Kier alpha value is -0.830. The van der Waals surface area contributed by atoms with Crippen molar-refractivity contribution in [3.05, 3.63) is 12.2 Å². The van der Waals surface area contributed by atoms with Crippen molar-refractivity contribution in [1.29, 1.82) is 0 Å². The number of carbonyl (C=O) groups is 1. The summed E-state index contributed by atoms with van der Waals surface area (Å²) >= 11 is 0. The van der Waals surface area contributed by atoms with Crippen LogP contribution < -0.4 is 0 Å². The highest BCUT2D eigenvalue weighted by atomic mass is 16.5. The first-order valence-electron chi connectivity index (χ1n) is 4.52. The van der Waals surface area contributed by atoms with E-state index in [9.17, 15) is 4.79 Å². The summed E-state index contributed by atoms with van der Waals surface area (Å²) in [6, 6.07) is 0. The van der Waals surface area contributed by atoms with Crippen LogP contribution in [0.2, 0.25) is 0 Å². The Morgan fingerprint density at radius 2 is 2.15 bits per heavy atom. The van der Waals surface area contributed by atoms with Gasteiger partial charge >= 0.3 is 5.97 Å². The maximum Gasteiger partial charge on any atom is 0.335 e. The standard InChI is InChI=1S/C10H18O3/c1-5-6-7-13-9(3)8(2)10(11)12-4/h9H,2,5-7H2,1,3-4H3. The lowest BCUT2D eigenvalue weighted by Crippen LogP contribution is -2.19. The summed E-state index contributed by atoms with van der Waals surface area (Å²) in [5, 5.41) is 0. The van der Waals surface area contributed by atoms with Crippen LogP contribution in [0.3, 0.4) is 0 Å². The molecule has 0 bridgehead atoms. The molecular weight excluding hydrogens is 168 g/mol. The summed E-state index contributed by atoms with van der Waals surface area (Å²) < 4.78 is 9.89. The lowest BCUT2D eigenvalue weighted by Gasteiger charge is -2.13. The third kappa shape index (κ3) is 4.68. The number of hydrogen-bond donors (Lipinski definition) is 0. The summed E-state index contributed by atoms with van der Waals surface area (Å²) in [5.41, 5.74) is 0.374. The molecule has 0 aromatic rings. The van der Waals surface area contributed by atoms with Crippen molar-refractivity contribution in [2.75, 3.05) is 13.7 Å². The molecule has 3 nitrogen and oxygen atoms in total. The van der Waals surface area contributed by atoms with Gasteiger partial charge in [0.25, 0.3) is 0 Å². The minimum absolute atomic E-state index is 0.251. The minimum Gasteiger partial charge on any atom is -0.466 e. The van der Waals surface area contributed by atoms with Crippen LogP contribution in [-0.2, 0) is 14.3 Å². The zero-order valence-corrected chi connectivity index (χ0v) is 8.63. The number of methoxy groups -OCH3 is 1. The van der Waals surface area contributed by atoms with Crippen LogP contribution in [0.1, 0.15) is 26.7 Å². The quantitative estimate of drug-likeness (QED) is 0.361. The van der Waals surface area contributed by atoms with Crippen LogP contribution in [0, 0.1) is 0 Å². The molecule has 0 aromatic carbocycles. The third-order valence-corrected chi connectivity index (χ3v) is 1.80. The zero-order chi connectivity index (χ0) is 10.3. The lowest BCUT2D eigenvalue weighted by atomic mass is 10.2.